The molecule has 0 radical (unpaired) electrons. The first kappa shape index (κ1) is 15.2. The highest BCUT2D eigenvalue weighted by Crippen LogP contribution is 2.30. The Bertz CT molecular complexity index is 298. The smallest absolute Gasteiger partial charge is 0.0809 e. The molecule has 0 aliphatic rings. The van der Waals surface area contributed by atoms with E-state index in [9.17, 15) is 5.11 Å². The van der Waals surface area contributed by atoms with Gasteiger partial charge in [-0.25, -0.2) is 0 Å². The van der Waals surface area contributed by atoms with Gasteiger partial charge in [0.1, 0.15) is 0 Å². The molecule has 0 spiro atoms. The highest BCUT2D eigenvalue weighted by molar-refractivity contribution is 9.10. The first-order chi connectivity index (χ1) is 8.25. The summed E-state index contributed by atoms with van der Waals surface area (Å²) < 4.78 is 1.05. The minimum absolute atomic E-state index is 0.286. The molecule has 1 N–H and O–H groups in total. The zero-order valence-electron chi connectivity index (χ0n) is 10.6. The average molecular weight is 319 g/mol. The molecule has 1 nitrogen and oxygen atoms in total. The van der Waals surface area contributed by atoms with Gasteiger partial charge in [-0.1, -0.05) is 51.9 Å². The second-order valence-electron chi connectivity index (χ2n) is 4.60. The number of unbranched alkanes of at least 4 members (excludes halogenated alkanes) is 6. The summed E-state index contributed by atoms with van der Waals surface area (Å²) in [5.74, 6) is 0. The Morgan fingerprint density at radius 1 is 1.12 bits per heavy atom. The van der Waals surface area contributed by atoms with Crippen molar-refractivity contribution in [3.63, 3.8) is 0 Å². The maximum absolute atomic E-state index is 10.0. The number of aliphatic hydroxyl groups excluding tert-OH is 1. The summed E-state index contributed by atoms with van der Waals surface area (Å²) in [6.07, 6.45) is 9.71. The minimum atomic E-state index is -0.286. The van der Waals surface area contributed by atoms with Crippen LogP contribution in [0.1, 0.15) is 70.0 Å². The first-order valence-corrected chi connectivity index (χ1v) is 8.39. The van der Waals surface area contributed by atoms with Crippen LogP contribution in [0.3, 0.4) is 0 Å². The van der Waals surface area contributed by atoms with E-state index in [4.69, 9.17) is 0 Å². The lowest BCUT2D eigenvalue weighted by Gasteiger charge is -2.09. The van der Waals surface area contributed by atoms with E-state index < -0.39 is 0 Å². The molecule has 98 valence electrons. The van der Waals surface area contributed by atoms with E-state index in [-0.39, 0.29) is 6.10 Å². The predicted molar refractivity (Wildman–Crippen MR) is 79.6 cm³/mol. The van der Waals surface area contributed by atoms with Crippen LogP contribution in [0.2, 0.25) is 0 Å². The lowest BCUT2D eigenvalue weighted by atomic mass is 10.0. The maximum atomic E-state index is 10.0. The van der Waals surface area contributed by atoms with Crippen LogP contribution in [0, 0.1) is 0 Å². The molecular formula is C14H23BrOS. The second-order valence-corrected chi connectivity index (χ2v) is 6.20. The van der Waals surface area contributed by atoms with Gasteiger partial charge in [-0.15, -0.1) is 0 Å². The number of thiophene rings is 1. The zero-order chi connectivity index (χ0) is 12.5. The summed E-state index contributed by atoms with van der Waals surface area (Å²) in [6.45, 7) is 2.25. The molecule has 0 aromatic carbocycles. The molecule has 17 heavy (non-hydrogen) atoms. The van der Waals surface area contributed by atoms with Crippen LogP contribution in [0.5, 0.6) is 0 Å². The van der Waals surface area contributed by atoms with Crippen molar-refractivity contribution in [2.24, 2.45) is 0 Å². The Morgan fingerprint density at radius 3 is 2.35 bits per heavy atom. The monoisotopic (exact) mass is 318 g/mol. The van der Waals surface area contributed by atoms with E-state index in [1.165, 1.54) is 38.5 Å². The van der Waals surface area contributed by atoms with Gasteiger partial charge in [-0.2, -0.15) is 11.3 Å². The van der Waals surface area contributed by atoms with Crippen LogP contribution in [0.25, 0.3) is 0 Å². The average Bonchev–Trinajstić information content (AvgIpc) is 2.74. The standard InChI is InChI=1S/C14H23BrOS/c1-2-3-4-5-6-7-8-9-14(16)12-10-17-11-13(12)15/h10-11,14,16H,2-9H2,1H3. The van der Waals surface area contributed by atoms with E-state index >= 15 is 0 Å². The van der Waals surface area contributed by atoms with Crippen LogP contribution < -0.4 is 0 Å². The van der Waals surface area contributed by atoms with Crippen LogP contribution in [-0.2, 0) is 0 Å². The Labute approximate surface area is 117 Å². The van der Waals surface area contributed by atoms with Gasteiger partial charge >= 0.3 is 0 Å². The van der Waals surface area contributed by atoms with Crippen molar-refractivity contribution in [3.8, 4) is 0 Å². The molecule has 0 saturated carbocycles. The van der Waals surface area contributed by atoms with Gasteiger partial charge < -0.3 is 5.11 Å². The van der Waals surface area contributed by atoms with E-state index in [1.807, 2.05) is 10.8 Å². The fourth-order valence-electron chi connectivity index (χ4n) is 1.98. The quantitative estimate of drug-likeness (QED) is 0.580. The molecular weight excluding hydrogens is 296 g/mol. The summed E-state index contributed by atoms with van der Waals surface area (Å²) in [5.41, 5.74) is 1.06. The maximum Gasteiger partial charge on any atom is 0.0809 e. The number of rotatable bonds is 9. The van der Waals surface area contributed by atoms with Gasteiger partial charge in [0.15, 0.2) is 0 Å². The van der Waals surface area contributed by atoms with Gasteiger partial charge in [0.05, 0.1) is 6.10 Å². The molecule has 1 rings (SSSR count). The van der Waals surface area contributed by atoms with Crippen molar-refractivity contribution in [2.75, 3.05) is 0 Å². The third-order valence-corrected chi connectivity index (χ3v) is 4.83. The fourth-order valence-corrected chi connectivity index (χ4v) is 3.59. The Hall–Kier alpha value is 0.140. The molecule has 0 aliphatic heterocycles. The Kier molecular flexibility index (Phi) is 8.15. The molecule has 1 aromatic heterocycles. The van der Waals surface area contributed by atoms with Gasteiger partial charge in [-0.3, -0.25) is 0 Å². The molecule has 1 unspecified atom stereocenters. The van der Waals surface area contributed by atoms with E-state index in [0.717, 1.165) is 22.9 Å². The Morgan fingerprint density at radius 2 is 1.76 bits per heavy atom. The van der Waals surface area contributed by atoms with E-state index in [1.54, 1.807) is 11.3 Å². The molecule has 0 amide bonds. The molecule has 1 heterocycles. The van der Waals surface area contributed by atoms with Gasteiger partial charge in [-0.05, 0) is 27.7 Å². The number of hydrogen-bond donors (Lipinski definition) is 1. The largest absolute Gasteiger partial charge is 0.388 e. The SMILES string of the molecule is CCCCCCCCCC(O)c1cscc1Br. The molecule has 1 aromatic rings. The highest BCUT2D eigenvalue weighted by atomic mass is 79.9. The van der Waals surface area contributed by atoms with E-state index in [0.29, 0.717) is 0 Å². The number of aliphatic hydroxyl groups is 1. The summed E-state index contributed by atoms with van der Waals surface area (Å²) >= 11 is 5.11. The fraction of sp³-hybridized carbons (Fsp3) is 0.714. The van der Waals surface area contributed by atoms with Crippen LogP contribution >= 0.6 is 27.3 Å². The third kappa shape index (κ3) is 6.03. The van der Waals surface area contributed by atoms with Gasteiger partial charge in [0.2, 0.25) is 0 Å². The summed E-state index contributed by atoms with van der Waals surface area (Å²) in [5, 5.41) is 14.1. The minimum Gasteiger partial charge on any atom is -0.388 e. The van der Waals surface area contributed by atoms with Gasteiger partial charge in [0.25, 0.3) is 0 Å². The molecule has 0 aliphatic carbocycles. The van der Waals surface area contributed by atoms with Crippen LogP contribution in [0.4, 0.5) is 0 Å². The predicted octanol–water partition coefficient (Wildman–Crippen LogP) is 5.68. The van der Waals surface area contributed by atoms with Crippen molar-refractivity contribution >= 4 is 27.3 Å². The number of halogens is 1. The lowest BCUT2D eigenvalue weighted by molar-refractivity contribution is 0.163. The topological polar surface area (TPSA) is 20.2 Å². The first-order valence-electron chi connectivity index (χ1n) is 6.65. The molecule has 0 bridgehead atoms. The highest BCUT2D eigenvalue weighted by Gasteiger charge is 2.11. The normalized spacial score (nSPS) is 12.9. The lowest BCUT2D eigenvalue weighted by Crippen LogP contribution is -1.96. The van der Waals surface area contributed by atoms with Crippen LogP contribution in [-0.4, -0.2) is 5.11 Å². The number of hydrogen-bond acceptors (Lipinski definition) is 2. The zero-order valence-corrected chi connectivity index (χ0v) is 13.0. The summed E-state index contributed by atoms with van der Waals surface area (Å²) in [7, 11) is 0. The molecule has 1 atom stereocenters. The van der Waals surface area contributed by atoms with Crippen molar-refractivity contribution < 1.29 is 5.11 Å². The van der Waals surface area contributed by atoms with Crippen molar-refractivity contribution in [1.82, 2.24) is 0 Å². The van der Waals surface area contributed by atoms with Crippen molar-refractivity contribution in [3.05, 3.63) is 20.8 Å². The summed E-state index contributed by atoms with van der Waals surface area (Å²) in [4.78, 5) is 0. The summed E-state index contributed by atoms with van der Waals surface area (Å²) in [6, 6.07) is 0. The van der Waals surface area contributed by atoms with Gasteiger partial charge in [0, 0.05) is 15.4 Å². The second kappa shape index (κ2) is 9.12. The van der Waals surface area contributed by atoms with Crippen LogP contribution in [0.15, 0.2) is 15.2 Å². The van der Waals surface area contributed by atoms with E-state index in [2.05, 4.69) is 22.9 Å². The van der Waals surface area contributed by atoms with Crippen molar-refractivity contribution in [1.29, 1.82) is 0 Å². The Balaban J connectivity index is 2.05. The third-order valence-electron chi connectivity index (χ3n) is 3.08. The molecule has 0 fully saturated rings. The molecule has 0 saturated heterocycles. The van der Waals surface area contributed by atoms with Crippen molar-refractivity contribution in [2.45, 2.75) is 64.4 Å². The molecule has 3 heteroatoms.